The number of nitrogens with one attached hydrogen (secondary N) is 1. The van der Waals surface area contributed by atoms with Crippen LogP contribution in [0.25, 0.3) is 5.69 Å². The third kappa shape index (κ3) is 5.17. The Morgan fingerprint density at radius 2 is 1.81 bits per heavy atom. The number of benzene rings is 1. The van der Waals surface area contributed by atoms with E-state index in [4.69, 9.17) is 0 Å². The van der Waals surface area contributed by atoms with Gasteiger partial charge in [-0.1, -0.05) is 62.8 Å². The molecule has 0 spiro atoms. The van der Waals surface area contributed by atoms with Crippen LogP contribution in [0.5, 0.6) is 0 Å². The summed E-state index contributed by atoms with van der Waals surface area (Å²) in [5.41, 5.74) is 0.974. The SMILES string of the molecule is CC(C)CCCCCCNc1nnnn1-c1ccccc1. The normalized spacial score (nSPS) is 11.0. The molecule has 0 saturated carbocycles. The molecular weight excluding hydrogens is 262 g/mol. The van der Waals surface area contributed by atoms with Crippen molar-refractivity contribution in [2.75, 3.05) is 11.9 Å². The molecule has 1 aromatic carbocycles. The molecule has 2 rings (SSSR count). The molecule has 1 aromatic heterocycles. The number of nitrogens with zero attached hydrogens (tertiary/aromatic N) is 4. The molecular formula is C16H25N5. The van der Waals surface area contributed by atoms with Gasteiger partial charge in [-0.05, 0) is 34.9 Å². The van der Waals surface area contributed by atoms with E-state index in [1.54, 1.807) is 4.68 Å². The number of hydrogen-bond donors (Lipinski definition) is 1. The van der Waals surface area contributed by atoms with E-state index < -0.39 is 0 Å². The number of anilines is 1. The number of para-hydroxylation sites is 1. The lowest BCUT2D eigenvalue weighted by Gasteiger charge is -2.07. The van der Waals surface area contributed by atoms with Crippen molar-refractivity contribution in [2.24, 2.45) is 5.92 Å². The van der Waals surface area contributed by atoms with Crippen LogP contribution < -0.4 is 5.32 Å². The minimum absolute atomic E-state index is 0.711. The summed E-state index contributed by atoms with van der Waals surface area (Å²) in [6, 6.07) is 9.93. The van der Waals surface area contributed by atoms with Gasteiger partial charge in [-0.15, -0.1) is 0 Å². The smallest absolute Gasteiger partial charge is 0.247 e. The zero-order valence-corrected chi connectivity index (χ0v) is 13.0. The van der Waals surface area contributed by atoms with Gasteiger partial charge in [0.05, 0.1) is 5.69 Å². The van der Waals surface area contributed by atoms with Crippen LogP contribution in [-0.4, -0.2) is 26.8 Å². The van der Waals surface area contributed by atoms with Crippen LogP contribution in [0.4, 0.5) is 5.95 Å². The van der Waals surface area contributed by atoms with Crippen molar-refractivity contribution in [2.45, 2.75) is 46.0 Å². The third-order valence-electron chi connectivity index (χ3n) is 3.46. The molecule has 0 aliphatic heterocycles. The van der Waals surface area contributed by atoms with Gasteiger partial charge in [-0.2, -0.15) is 4.68 Å². The molecule has 0 amide bonds. The van der Waals surface area contributed by atoms with Gasteiger partial charge in [-0.25, -0.2) is 0 Å². The predicted molar refractivity (Wildman–Crippen MR) is 85.6 cm³/mol. The molecule has 5 nitrogen and oxygen atoms in total. The summed E-state index contributed by atoms with van der Waals surface area (Å²) in [6.45, 7) is 5.48. The van der Waals surface area contributed by atoms with E-state index in [1.807, 2.05) is 30.3 Å². The van der Waals surface area contributed by atoms with Gasteiger partial charge in [0.1, 0.15) is 0 Å². The van der Waals surface area contributed by atoms with Crippen molar-refractivity contribution in [1.29, 1.82) is 0 Å². The second-order valence-corrected chi connectivity index (χ2v) is 5.77. The molecule has 0 fully saturated rings. The standard InChI is InChI=1S/C16H25N5/c1-14(2)10-6-3-4-9-13-17-16-18-19-20-21(16)15-11-7-5-8-12-15/h5,7-8,11-12,14H,3-4,6,9-10,13H2,1-2H3,(H,17,18,20). The zero-order valence-electron chi connectivity index (χ0n) is 13.0. The van der Waals surface area contributed by atoms with Gasteiger partial charge < -0.3 is 5.32 Å². The lowest BCUT2D eigenvalue weighted by molar-refractivity contribution is 0.522. The minimum Gasteiger partial charge on any atom is -0.353 e. The summed E-state index contributed by atoms with van der Waals surface area (Å²) in [5, 5.41) is 15.1. The molecule has 0 unspecified atom stereocenters. The summed E-state index contributed by atoms with van der Waals surface area (Å²) in [7, 11) is 0. The highest BCUT2D eigenvalue weighted by atomic mass is 15.6. The average molecular weight is 287 g/mol. The summed E-state index contributed by atoms with van der Waals surface area (Å²) in [5.74, 6) is 1.53. The molecule has 2 aromatic rings. The van der Waals surface area contributed by atoms with Crippen LogP contribution >= 0.6 is 0 Å². The Bertz CT molecular complexity index is 506. The summed E-state index contributed by atoms with van der Waals surface area (Å²) in [6.07, 6.45) is 6.38. The highest BCUT2D eigenvalue weighted by Crippen LogP contribution is 2.12. The van der Waals surface area contributed by atoms with E-state index in [0.29, 0.717) is 5.95 Å². The van der Waals surface area contributed by atoms with Crippen molar-refractivity contribution >= 4 is 5.95 Å². The fourth-order valence-corrected chi connectivity index (χ4v) is 2.27. The summed E-state index contributed by atoms with van der Waals surface area (Å²) in [4.78, 5) is 0. The first-order valence-corrected chi connectivity index (χ1v) is 7.85. The second kappa shape index (κ2) is 8.39. The first kappa shape index (κ1) is 15.5. The maximum absolute atomic E-state index is 4.04. The quantitative estimate of drug-likeness (QED) is 0.715. The topological polar surface area (TPSA) is 55.6 Å². The number of unbranched alkanes of at least 4 members (excludes halogenated alkanes) is 3. The molecule has 0 bridgehead atoms. The number of rotatable bonds is 9. The monoisotopic (exact) mass is 287 g/mol. The molecule has 0 aliphatic rings. The fraction of sp³-hybridized carbons (Fsp3) is 0.562. The lowest BCUT2D eigenvalue weighted by Crippen LogP contribution is -2.08. The Balaban J connectivity index is 1.71. The van der Waals surface area contributed by atoms with Crippen molar-refractivity contribution < 1.29 is 0 Å². The Morgan fingerprint density at radius 1 is 1.05 bits per heavy atom. The molecule has 1 heterocycles. The predicted octanol–water partition coefficient (Wildman–Crippen LogP) is 3.68. The van der Waals surface area contributed by atoms with Gasteiger partial charge in [-0.3, -0.25) is 0 Å². The van der Waals surface area contributed by atoms with Crippen LogP contribution in [0, 0.1) is 5.92 Å². The van der Waals surface area contributed by atoms with Crippen LogP contribution in [0.15, 0.2) is 30.3 Å². The van der Waals surface area contributed by atoms with E-state index in [0.717, 1.165) is 24.6 Å². The Kier molecular flexibility index (Phi) is 6.19. The highest BCUT2D eigenvalue weighted by Gasteiger charge is 2.06. The van der Waals surface area contributed by atoms with Crippen LogP contribution in [0.2, 0.25) is 0 Å². The molecule has 21 heavy (non-hydrogen) atoms. The minimum atomic E-state index is 0.711. The van der Waals surface area contributed by atoms with Crippen molar-refractivity contribution in [1.82, 2.24) is 20.2 Å². The largest absolute Gasteiger partial charge is 0.353 e. The van der Waals surface area contributed by atoms with E-state index in [9.17, 15) is 0 Å². The van der Waals surface area contributed by atoms with Crippen LogP contribution in [-0.2, 0) is 0 Å². The van der Waals surface area contributed by atoms with Gasteiger partial charge in [0.25, 0.3) is 0 Å². The van der Waals surface area contributed by atoms with Gasteiger partial charge in [0.2, 0.25) is 5.95 Å². The average Bonchev–Trinajstić information content (AvgIpc) is 2.95. The number of aromatic nitrogens is 4. The fourth-order valence-electron chi connectivity index (χ4n) is 2.27. The van der Waals surface area contributed by atoms with Gasteiger partial charge in [0.15, 0.2) is 0 Å². The lowest BCUT2D eigenvalue weighted by atomic mass is 10.0. The van der Waals surface area contributed by atoms with E-state index in [1.165, 1.54) is 25.7 Å². The molecule has 0 aliphatic carbocycles. The van der Waals surface area contributed by atoms with Crippen molar-refractivity contribution in [3.63, 3.8) is 0 Å². The molecule has 0 saturated heterocycles. The number of hydrogen-bond acceptors (Lipinski definition) is 4. The first-order chi connectivity index (χ1) is 10.3. The second-order valence-electron chi connectivity index (χ2n) is 5.77. The Hall–Kier alpha value is -1.91. The molecule has 114 valence electrons. The molecule has 1 N–H and O–H groups in total. The van der Waals surface area contributed by atoms with E-state index >= 15 is 0 Å². The summed E-state index contributed by atoms with van der Waals surface area (Å²) < 4.78 is 1.73. The van der Waals surface area contributed by atoms with E-state index in [2.05, 4.69) is 34.7 Å². The Morgan fingerprint density at radius 3 is 2.57 bits per heavy atom. The van der Waals surface area contributed by atoms with E-state index in [-0.39, 0.29) is 0 Å². The zero-order chi connectivity index (χ0) is 14.9. The summed E-state index contributed by atoms with van der Waals surface area (Å²) >= 11 is 0. The van der Waals surface area contributed by atoms with Gasteiger partial charge in [0, 0.05) is 6.54 Å². The van der Waals surface area contributed by atoms with Gasteiger partial charge >= 0.3 is 0 Å². The third-order valence-corrected chi connectivity index (χ3v) is 3.46. The maximum atomic E-state index is 4.04. The van der Waals surface area contributed by atoms with Crippen LogP contribution in [0.1, 0.15) is 46.0 Å². The highest BCUT2D eigenvalue weighted by molar-refractivity contribution is 5.38. The Labute approximate surface area is 126 Å². The first-order valence-electron chi connectivity index (χ1n) is 7.85. The molecule has 5 heteroatoms. The maximum Gasteiger partial charge on any atom is 0.247 e. The van der Waals surface area contributed by atoms with Crippen molar-refractivity contribution in [3.05, 3.63) is 30.3 Å². The molecule has 0 radical (unpaired) electrons. The number of tetrazole rings is 1. The van der Waals surface area contributed by atoms with Crippen LogP contribution in [0.3, 0.4) is 0 Å². The van der Waals surface area contributed by atoms with Crippen molar-refractivity contribution in [3.8, 4) is 5.69 Å². The molecule has 0 atom stereocenters.